The molecule has 0 saturated heterocycles. The van der Waals surface area contributed by atoms with Crippen LogP contribution in [0.2, 0.25) is 0 Å². The number of allylic oxidation sites excluding steroid dienone is 1. The van der Waals surface area contributed by atoms with E-state index in [9.17, 15) is 21.6 Å². The number of benzene rings is 1. The molecule has 4 rings (SSSR count). The van der Waals surface area contributed by atoms with Crippen LogP contribution in [-0.2, 0) is 25.1 Å². The molecular weight excluding hydrogens is 379 g/mol. The zero-order valence-corrected chi connectivity index (χ0v) is 13.6. The molecule has 1 unspecified atom stereocenters. The van der Waals surface area contributed by atoms with Gasteiger partial charge in [-0.15, -0.1) is 0 Å². The molecule has 1 atom stereocenters. The predicted octanol–water partition coefficient (Wildman–Crippen LogP) is 2.36. The Kier molecular flexibility index (Phi) is 3.48. The first-order chi connectivity index (χ1) is 12.2. The highest BCUT2D eigenvalue weighted by Gasteiger charge is 2.51. The van der Waals surface area contributed by atoms with Gasteiger partial charge in [0.1, 0.15) is 24.7 Å². The van der Waals surface area contributed by atoms with Crippen LogP contribution in [0.4, 0.5) is 13.2 Å². The number of aliphatic imine (C=N–C) groups is 1. The molecule has 7 nitrogen and oxygen atoms in total. The number of fused-ring (bicyclic) bond motifs is 3. The SMILES string of the molecule is O=S(=O)(Oc1ccc2c(c1)C1(COC=N1)C1=C(C=CCO1)O2)C(F)(F)F. The highest BCUT2D eigenvalue weighted by Crippen LogP contribution is 2.49. The van der Waals surface area contributed by atoms with E-state index >= 15 is 0 Å². The van der Waals surface area contributed by atoms with Gasteiger partial charge in [0.2, 0.25) is 0 Å². The van der Waals surface area contributed by atoms with E-state index in [0.29, 0.717) is 11.5 Å². The molecule has 26 heavy (non-hydrogen) atoms. The maximum atomic E-state index is 12.6. The zero-order valence-electron chi connectivity index (χ0n) is 12.8. The lowest BCUT2D eigenvalue weighted by Crippen LogP contribution is -2.36. The number of hydrogen-bond donors (Lipinski definition) is 0. The van der Waals surface area contributed by atoms with E-state index < -0.39 is 26.9 Å². The monoisotopic (exact) mass is 389 g/mol. The highest BCUT2D eigenvalue weighted by atomic mass is 32.2. The Morgan fingerprint density at radius 1 is 1.27 bits per heavy atom. The Hall–Kier alpha value is -2.69. The van der Waals surface area contributed by atoms with Gasteiger partial charge in [0.05, 0.1) is 0 Å². The standard InChI is InChI=1S/C15H10F3NO6S/c16-15(17,18)26(20,21)25-9-3-4-11-10(6-9)14(7-22-8-19-14)13-12(24-11)2-1-5-23-13/h1-4,6,8H,5,7H2. The summed E-state index contributed by atoms with van der Waals surface area (Å²) >= 11 is 0. The highest BCUT2D eigenvalue weighted by molar-refractivity contribution is 7.88. The van der Waals surface area contributed by atoms with Gasteiger partial charge in [-0.05, 0) is 30.4 Å². The van der Waals surface area contributed by atoms with Crippen LogP contribution in [0.3, 0.4) is 0 Å². The summed E-state index contributed by atoms with van der Waals surface area (Å²) in [5.41, 5.74) is -6.46. The predicted molar refractivity (Wildman–Crippen MR) is 80.9 cm³/mol. The molecule has 1 aromatic carbocycles. The third kappa shape index (κ3) is 2.42. The summed E-state index contributed by atoms with van der Waals surface area (Å²) in [6.07, 6.45) is 4.61. The molecule has 1 aromatic rings. The van der Waals surface area contributed by atoms with Gasteiger partial charge in [-0.3, -0.25) is 0 Å². The molecule has 3 aliphatic rings. The van der Waals surface area contributed by atoms with E-state index in [1.807, 2.05) is 0 Å². The Morgan fingerprint density at radius 3 is 2.77 bits per heavy atom. The number of nitrogens with zero attached hydrogens (tertiary/aromatic N) is 1. The molecule has 0 aliphatic carbocycles. The molecule has 0 radical (unpaired) electrons. The van der Waals surface area contributed by atoms with Gasteiger partial charge in [0.15, 0.2) is 23.5 Å². The summed E-state index contributed by atoms with van der Waals surface area (Å²) in [5.74, 6) is 0.472. The molecule has 0 amide bonds. The van der Waals surface area contributed by atoms with Gasteiger partial charge in [-0.25, -0.2) is 4.99 Å². The minimum Gasteiger partial charge on any atom is -0.487 e. The number of ether oxygens (including phenoxy) is 3. The Morgan fingerprint density at radius 2 is 2.08 bits per heavy atom. The van der Waals surface area contributed by atoms with Crippen LogP contribution in [0, 0.1) is 0 Å². The smallest absolute Gasteiger partial charge is 0.487 e. The van der Waals surface area contributed by atoms with Crippen molar-refractivity contribution in [3.8, 4) is 11.5 Å². The van der Waals surface area contributed by atoms with E-state index in [2.05, 4.69) is 9.18 Å². The van der Waals surface area contributed by atoms with Crippen molar-refractivity contribution < 1.29 is 40.0 Å². The Balaban J connectivity index is 1.80. The topological polar surface area (TPSA) is 83.4 Å². The average Bonchev–Trinajstić information content (AvgIpc) is 3.05. The maximum Gasteiger partial charge on any atom is 0.534 e. The second kappa shape index (κ2) is 5.40. The first-order valence-corrected chi connectivity index (χ1v) is 8.66. The van der Waals surface area contributed by atoms with Crippen molar-refractivity contribution in [3.05, 3.63) is 47.4 Å². The van der Waals surface area contributed by atoms with Gasteiger partial charge in [-0.1, -0.05) is 0 Å². The number of alkyl halides is 3. The van der Waals surface area contributed by atoms with Crippen LogP contribution < -0.4 is 8.92 Å². The fourth-order valence-electron chi connectivity index (χ4n) is 2.82. The lowest BCUT2D eigenvalue weighted by Gasteiger charge is -2.35. The van der Waals surface area contributed by atoms with Gasteiger partial charge in [0, 0.05) is 5.56 Å². The summed E-state index contributed by atoms with van der Waals surface area (Å²) in [6, 6.07) is 3.49. The molecule has 0 N–H and O–H groups in total. The second-order valence-corrected chi connectivity index (χ2v) is 7.09. The van der Waals surface area contributed by atoms with E-state index in [0.717, 1.165) is 12.1 Å². The lowest BCUT2D eigenvalue weighted by molar-refractivity contribution is -0.0500. The summed E-state index contributed by atoms with van der Waals surface area (Å²) in [7, 11) is -5.80. The van der Waals surface area contributed by atoms with Crippen LogP contribution in [0.25, 0.3) is 0 Å². The third-order valence-electron chi connectivity index (χ3n) is 3.94. The molecule has 0 fully saturated rings. The first kappa shape index (κ1) is 16.8. The first-order valence-electron chi connectivity index (χ1n) is 7.25. The normalized spacial score (nSPS) is 23.8. The van der Waals surface area contributed by atoms with Crippen molar-refractivity contribution in [2.24, 2.45) is 4.99 Å². The van der Waals surface area contributed by atoms with Crippen molar-refractivity contribution in [2.45, 2.75) is 11.0 Å². The Labute approximate surface area is 145 Å². The van der Waals surface area contributed by atoms with Crippen LogP contribution in [0.5, 0.6) is 11.5 Å². The van der Waals surface area contributed by atoms with E-state index in [1.165, 1.54) is 12.5 Å². The second-order valence-electron chi connectivity index (χ2n) is 5.56. The molecule has 0 aromatic heterocycles. The van der Waals surface area contributed by atoms with Crippen LogP contribution in [-0.4, -0.2) is 33.5 Å². The molecule has 1 spiro atoms. The van der Waals surface area contributed by atoms with Crippen LogP contribution >= 0.6 is 0 Å². The fraction of sp³-hybridized carbons (Fsp3) is 0.267. The minimum absolute atomic E-state index is 0.0194. The summed E-state index contributed by atoms with van der Waals surface area (Å²) < 4.78 is 80.9. The van der Waals surface area contributed by atoms with E-state index in [1.54, 1.807) is 12.2 Å². The Bertz CT molecular complexity index is 966. The molecule has 11 heteroatoms. The molecule has 3 heterocycles. The quantitative estimate of drug-likeness (QED) is 0.571. The molecular formula is C15H10F3NO6S. The van der Waals surface area contributed by atoms with Crippen molar-refractivity contribution in [2.75, 3.05) is 13.2 Å². The minimum atomic E-state index is -5.80. The lowest BCUT2D eigenvalue weighted by atomic mass is 9.85. The van der Waals surface area contributed by atoms with Gasteiger partial charge in [-0.2, -0.15) is 21.6 Å². The third-order valence-corrected chi connectivity index (χ3v) is 4.92. The van der Waals surface area contributed by atoms with Gasteiger partial charge >= 0.3 is 15.6 Å². The summed E-state index contributed by atoms with van der Waals surface area (Å²) in [4.78, 5) is 4.27. The van der Waals surface area contributed by atoms with Crippen LogP contribution in [0.1, 0.15) is 5.56 Å². The molecule has 138 valence electrons. The van der Waals surface area contributed by atoms with Crippen molar-refractivity contribution in [1.29, 1.82) is 0 Å². The average molecular weight is 389 g/mol. The van der Waals surface area contributed by atoms with Crippen molar-refractivity contribution >= 4 is 16.5 Å². The van der Waals surface area contributed by atoms with E-state index in [-0.39, 0.29) is 24.5 Å². The van der Waals surface area contributed by atoms with Crippen LogP contribution in [0.15, 0.2) is 46.9 Å². The largest absolute Gasteiger partial charge is 0.534 e. The van der Waals surface area contributed by atoms with Crippen molar-refractivity contribution in [3.63, 3.8) is 0 Å². The summed E-state index contributed by atoms with van der Waals surface area (Å²) in [5, 5.41) is 0. The maximum absolute atomic E-state index is 12.6. The fourth-order valence-corrected chi connectivity index (χ4v) is 3.27. The molecule has 0 saturated carbocycles. The van der Waals surface area contributed by atoms with E-state index in [4.69, 9.17) is 14.2 Å². The molecule has 0 bridgehead atoms. The van der Waals surface area contributed by atoms with Crippen molar-refractivity contribution in [1.82, 2.24) is 0 Å². The number of halogens is 3. The zero-order chi connectivity index (χ0) is 18.6. The van der Waals surface area contributed by atoms with Gasteiger partial charge < -0.3 is 18.4 Å². The molecule has 3 aliphatic heterocycles. The van der Waals surface area contributed by atoms with Gasteiger partial charge in [0.25, 0.3) is 0 Å². The number of rotatable bonds is 2. The summed E-state index contributed by atoms with van der Waals surface area (Å²) in [6.45, 7) is 0.277. The number of hydrogen-bond acceptors (Lipinski definition) is 7.